The number of carbonyl (C=O) groups is 2. The number of benzene rings is 2. The maximum Gasteiger partial charge on any atom is 0.306 e. The lowest BCUT2D eigenvalue weighted by atomic mass is 9.89. The Hall–Kier alpha value is -2.13. The van der Waals surface area contributed by atoms with Crippen LogP contribution >= 0.6 is 23.2 Å². The van der Waals surface area contributed by atoms with E-state index in [1.807, 2.05) is 13.8 Å². The first-order valence-corrected chi connectivity index (χ1v) is 14.6. The predicted octanol–water partition coefficient (Wildman–Crippen LogP) is 5.86. The van der Waals surface area contributed by atoms with Crippen LogP contribution in [-0.2, 0) is 24.2 Å². The molecule has 0 aromatic heterocycles. The lowest BCUT2D eigenvalue weighted by Gasteiger charge is -2.48. The molecule has 2 aromatic carbocycles. The number of carboxylic acid groups (broad SMARTS) is 1. The minimum Gasteiger partial charge on any atom is -0.481 e. The fraction of sp³-hybridized carbons (Fsp3) is 0.481. The molecule has 1 amide bonds. The summed E-state index contributed by atoms with van der Waals surface area (Å²) in [4.78, 5) is 27.0. The van der Waals surface area contributed by atoms with Crippen LogP contribution in [0.15, 0.2) is 48.5 Å². The summed E-state index contributed by atoms with van der Waals surface area (Å²) in [6.07, 6.45) is -1.88. The highest BCUT2D eigenvalue weighted by atomic mass is 35.5. The van der Waals surface area contributed by atoms with E-state index < -0.39 is 57.2 Å². The van der Waals surface area contributed by atoms with Crippen molar-refractivity contribution in [3.05, 3.63) is 69.7 Å². The molecule has 1 N–H and O–H groups in total. The first-order valence-electron chi connectivity index (χ1n) is 12.2. The molecule has 1 aliphatic heterocycles. The number of hydrogen-bond donors (Lipinski definition) is 1. The molecule has 2 aromatic rings. The van der Waals surface area contributed by atoms with E-state index in [0.29, 0.717) is 34.0 Å². The van der Waals surface area contributed by atoms with Crippen LogP contribution in [0.3, 0.4) is 0 Å². The first kappa shape index (κ1) is 29.4. The molecule has 1 aliphatic rings. The predicted molar refractivity (Wildman–Crippen MR) is 145 cm³/mol. The van der Waals surface area contributed by atoms with Gasteiger partial charge < -0.3 is 14.7 Å². The van der Waals surface area contributed by atoms with Gasteiger partial charge in [0.1, 0.15) is 12.2 Å². The number of rotatable bonds is 10. The average molecular weight is 571 g/mol. The van der Waals surface area contributed by atoms with Crippen molar-refractivity contribution in [3.8, 4) is 0 Å². The smallest absolute Gasteiger partial charge is 0.306 e. The standard InChI is InChI=1S/C27H33Cl2NO6S/c1-5-21(16-37(34,35)27(3,4)6-2)30-24(17-10-12-19(28)13-11-17)25(18-8-7-9-20(29)14-18)36-22(26(30)33)15-23(31)32/h7-14,21-22,24-25H,5-6,15-16H2,1-4H3,(H,31,32). The number of nitrogens with zero attached hydrogens (tertiary/aromatic N) is 1. The molecule has 1 fully saturated rings. The summed E-state index contributed by atoms with van der Waals surface area (Å²) in [5.74, 6) is -2.01. The second-order valence-electron chi connectivity index (χ2n) is 9.90. The molecule has 3 rings (SSSR count). The van der Waals surface area contributed by atoms with Gasteiger partial charge in [0.2, 0.25) is 0 Å². The van der Waals surface area contributed by atoms with Gasteiger partial charge in [-0.1, -0.05) is 61.3 Å². The Morgan fingerprint density at radius 2 is 1.73 bits per heavy atom. The number of carboxylic acids is 1. The monoisotopic (exact) mass is 569 g/mol. The number of ether oxygens (including phenoxy) is 1. The van der Waals surface area contributed by atoms with E-state index in [1.165, 1.54) is 4.90 Å². The number of morpholine rings is 1. The zero-order valence-corrected chi connectivity index (χ0v) is 23.7. The highest BCUT2D eigenvalue weighted by Gasteiger charge is 2.48. The van der Waals surface area contributed by atoms with Crippen molar-refractivity contribution < 1.29 is 27.9 Å². The van der Waals surface area contributed by atoms with Gasteiger partial charge in [-0.05, 0) is 62.1 Å². The van der Waals surface area contributed by atoms with Crippen molar-refractivity contribution in [3.63, 3.8) is 0 Å². The van der Waals surface area contributed by atoms with Crippen molar-refractivity contribution in [2.75, 3.05) is 5.75 Å². The van der Waals surface area contributed by atoms with Crippen LogP contribution in [0.4, 0.5) is 0 Å². The molecule has 4 unspecified atom stereocenters. The van der Waals surface area contributed by atoms with Crippen LogP contribution in [0.25, 0.3) is 0 Å². The van der Waals surface area contributed by atoms with Crippen molar-refractivity contribution >= 4 is 44.9 Å². The fourth-order valence-electron chi connectivity index (χ4n) is 4.49. The molecule has 0 spiro atoms. The Morgan fingerprint density at radius 3 is 2.27 bits per heavy atom. The molecule has 1 saturated heterocycles. The van der Waals surface area contributed by atoms with Crippen LogP contribution < -0.4 is 0 Å². The molecule has 0 aliphatic carbocycles. The van der Waals surface area contributed by atoms with E-state index in [9.17, 15) is 23.1 Å². The third-order valence-electron chi connectivity index (χ3n) is 7.15. The molecule has 0 saturated carbocycles. The van der Waals surface area contributed by atoms with Gasteiger partial charge in [-0.15, -0.1) is 0 Å². The zero-order chi connectivity index (χ0) is 27.5. The largest absolute Gasteiger partial charge is 0.481 e. The molecule has 4 atom stereocenters. The molecule has 7 nitrogen and oxygen atoms in total. The van der Waals surface area contributed by atoms with Gasteiger partial charge in [-0.25, -0.2) is 8.42 Å². The number of sulfone groups is 1. The fourth-order valence-corrected chi connectivity index (χ4v) is 6.61. The van der Waals surface area contributed by atoms with E-state index in [1.54, 1.807) is 62.4 Å². The zero-order valence-electron chi connectivity index (χ0n) is 21.4. The highest BCUT2D eigenvalue weighted by Crippen LogP contribution is 2.45. The summed E-state index contributed by atoms with van der Waals surface area (Å²) >= 11 is 12.4. The number of hydrogen-bond acceptors (Lipinski definition) is 5. The van der Waals surface area contributed by atoms with E-state index >= 15 is 0 Å². The van der Waals surface area contributed by atoms with E-state index in [0.717, 1.165) is 0 Å². The minimum atomic E-state index is -3.63. The van der Waals surface area contributed by atoms with Gasteiger partial charge >= 0.3 is 5.97 Å². The number of amides is 1. The van der Waals surface area contributed by atoms with Gasteiger partial charge in [0, 0.05) is 16.1 Å². The SMILES string of the molecule is CCC(CS(=O)(=O)C(C)(C)CC)N1C(=O)C(CC(=O)O)OC(c2cccc(Cl)c2)C1c1ccc(Cl)cc1. The van der Waals surface area contributed by atoms with Crippen LogP contribution in [0.1, 0.15) is 70.2 Å². The minimum absolute atomic E-state index is 0.262. The summed E-state index contributed by atoms with van der Waals surface area (Å²) < 4.78 is 32.1. The molecule has 10 heteroatoms. The summed E-state index contributed by atoms with van der Waals surface area (Å²) in [5.41, 5.74) is 1.33. The third kappa shape index (κ3) is 6.48. The molecule has 1 heterocycles. The number of aliphatic carboxylic acids is 1. The van der Waals surface area contributed by atoms with Crippen molar-refractivity contribution in [2.45, 2.75) is 76.0 Å². The van der Waals surface area contributed by atoms with Crippen molar-refractivity contribution in [1.29, 1.82) is 0 Å². The lowest BCUT2D eigenvalue weighted by molar-refractivity contribution is -0.182. The molecule has 0 bridgehead atoms. The molecule has 37 heavy (non-hydrogen) atoms. The highest BCUT2D eigenvalue weighted by molar-refractivity contribution is 7.92. The molecular weight excluding hydrogens is 537 g/mol. The van der Waals surface area contributed by atoms with E-state index in [-0.39, 0.29) is 5.75 Å². The summed E-state index contributed by atoms with van der Waals surface area (Å²) in [7, 11) is -3.63. The second-order valence-corrected chi connectivity index (χ2v) is 13.4. The summed E-state index contributed by atoms with van der Waals surface area (Å²) in [6, 6.07) is 12.4. The van der Waals surface area contributed by atoms with Crippen LogP contribution in [0.2, 0.25) is 10.0 Å². The van der Waals surface area contributed by atoms with Gasteiger partial charge in [-0.3, -0.25) is 9.59 Å². The topological polar surface area (TPSA) is 101 Å². The quantitative estimate of drug-likeness (QED) is 0.384. The van der Waals surface area contributed by atoms with Gasteiger partial charge in [0.25, 0.3) is 5.91 Å². The number of halogens is 2. The third-order valence-corrected chi connectivity index (χ3v) is 10.4. The lowest BCUT2D eigenvalue weighted by Crippen LogP contribution is -2.57. The Morgan fingerprint density at radius 1 is 1.08 bits per heavy atom. The molecular formula is C27H33Cl2NO6S. The molecule has 202 valence electrons. The van der Waals surface area contributed by atoms with E-state index in [4.69, 9.17) is 27.9 Å². The number of carbonyl (C=O) groups excluding carboxylic acids is 1. The maximum atomic E-state index is 13.9. The first-order chi connectivity index (χ1) is 17.3. The molecule has 0 radical (unpaired) electrons. The normalized spacial score (nSPS) is 21.6. The Kier molecular flexibility index (Phi) is 9.32. The van der Waals surface area contributed by atoms with Crippen molar-refractivity contribution in [2.24, 2.45) is 0 Å². The Labute approximate surface area is 228 Å². The van der Waals surface area contributed by atoms with Crippen LogP contribution in [-0.4, -0.2) is 52.9 Å². The summed E-state index contributed by atoms with van der Waals surface area (Å²) in [6.45, 7) is 6.98. The Bertz CT molecular complexity index is 1230. The maximum absolute atomic E-state index is 13.9. The van der Waals surface area contributed by atoms with Crippen LogP contribution in [0, 0.1) is 0 Å². The van der Waals surface area contributed by atoms with Gasteiger partial charge in [0.15, 0.2) is 9.84 Å². The van der Waals surface area contributed by atoms with Gasteiger partial charge in [-0.2, -0.15) is 0 Å². The van der Waals surface area contributed by atoms with Crippen LogP contribution in [0.5, 0.6) is 0 Å². The van der Waals surface area contributed by atoms with E-state index in [2.05, 4.69) is 0 Å². The average Bonchev–Trinajstić information content (AvgIpc) is 2.84. The summed E-state index contributed by atoms with van der Waals surface area (Å²) in [5, 5.41) is 10.5. The van der Waals surface area contributed by atoms with Crippen molar-refractivity contribution in [1.82, 2.24) is 4.90 Å². The second kappa shape index (κ2) is 11.7. The Balaban J connectivity index is 2.21. The van der Waals surface area contributed by atoms with Gasteiger partial charge in [0.05, 0.1) is 23.0 Å².